The molecule has 3 aromatic carbocycles. The molecule has 0 spiro atoms. The average molecular weight is 552 g/mol. The van der Waals surface area contributed by atoms with Gasteiger partial charge in [-0.05, 0) is 103 Å². The number of halogens is 1. The summed E-state index contributed by atoms with van der Waals surface area (Å²) in [4.78, 5) is 20.6. The number of amidine groups is 1. The summed E-state index contributed by atoms with van der Waals surface area (Å²) in [7, 11) is 1.60. The van der Waals surface area contributed by atoms with Crippen molar-refractivity contribution in [3.05, 3.63) is 86.7 Å². The molecule has 0 atom stereocenters. The molecule has 0 aliphatic carbocycles. The highest BCUT2D eigenvalue weighted by Crippen LogP contribution is 2.41. The van der Waals surface area contributed by atoms with Crippen molar-refractivity contribution in [1.29, 1.82) is 0 Å². The molecule has 7 heteroatoms. The standard InChI is InChI=1S/C28H27BrN2O3S/c1-17(2)34-26-23(29)14-20(15-24(26)33-5)16-25-27(32)31(22-12-8-19(4)9-13-22)28(35-25)30-21-10-6-18(3)7-11-21/h6-17H,1-5H3/b25-16-,30-28?. The Labute approximate surface area is 219 Å². The molecule has 0 bridgehead atoms. The number of carbonyl (C=O) groups excluding carboxylic acids is 1. The number of aliphatic imine (C=N–C) groups is 1. The summed E-state index contributed by atoms with van der Waals surface area (Å²) in [6, 6.07) is 19.6. The van der Waals surface area contributed by atoms with E-state index >= 15 is 0 Å². The molecule has 0 saturated carbocycles. The van der Waals surface area contributed by atoms with Crippen LogP contribution >= 0.6 is 27.7 Å². The zero-order valence-corrected chi connectivity index (χ0v) is 22.7. The molecule has 180 valence electrons. The number of aryl methyl sites for hydroxylation is 2. The highest BCUT2D eigenvalue weighted by molar-refractivity contribution is 9.10. The van der Waals surface area contributed by atoms with E-state index in [-0.39, 0.29) is 12.0 Å². The smallest absolute Gasteiger partial charge is 0.271 e. The van der Waals surface area contributed by atoms with Crippen LogP contribution in [-0.4, -0.2) is 24.3 Å². The quantitative estimate of drug-likeness (QED) is 0.295. The van der Waals surface area contributed by atoms with Crippen molar-refractivity contribution in [2.45, 2.75) is 33.8 Å². The van der Waals surface area contributed by atoms with Gasteiger partial charge < -0.3 is 9.47 Å². The Morgan fingerprint density at radius 1 is 1.00 bits per heavy atom. The predicted molar refractivity (Wildman–Crippen MR) is 149 cm³/mol. The van der Waals surface area contributed by atoms with Crippen LogP contribution in [0.5, 0.6) is 11.5 Å². The fourth-order valence-corrected chi connectivity index (χ4v) is 5.08. The molecule has 0 radical (unpaired) electrons. The van der Waals surface area contributed by atoms with E-state index in [0.29, 0.717) is 21.6 Å². The van der Waals surface area contributed by atoms with Gasteiger partial charge in [0.2, 0.25) is 0 Å². The molecule has 1 aliphatic heterocycles. The minimum absolute atomic E-state index is 0.0000174. The van der Waals surface area contributed by atoms with Crippen molar-refractivity contribution >= 4 is 56.2 Å². The summed E-state index contributed by atoms with van der Waals surface area (Å²) in [6.07, 6.45) is 1.86. The lowest BCUT2D eigenvalue weighted by Gasteiger charge is -2.16. The number of nitrogens with zero attached hydrogens (tertiary/aromatic N) is 2. The zero-order valence-electron chi connectivity index (χ0n) is 20.3. The van der Waals surface area contributed by atoms with Gasteiger partial charge in [-0.1, -0.05) is 35.4 Å². The summed E-state index contributed by atoms with van der Waals surface area (Å²) in [5.74, 6) is 1.11. The van der Waals surface area contributed by atoms with Gasteiger partial charge in [0.05, 0.1) is 34.0 Å². The lowest BCUT2D eigenvalue weighted by Crippen LogP contribution is -2.28. The number of amides is 1. The van der Waals surface area contributed by atoms with Crippen molar-refractivity contribution in [1.82, 2.24) is 0 Å². The van der Waals surface area contributed by atoms with Crippen LogP contribution in [0.25, 0.3) is 6.08 Å². The van der Waals surface area contributed by atoms with E-state index in [4.69, 9.17) is 14.5 Å². The second kappa shape index (κ2) is 10.7. The first-order valence-corrected chi connectivity index (χ1v) is 12.9. The number of thioether (sulfide) groups is 1. The molecule has 1 aliphatic rings. The van der Waals surface area contributed by atoms with Crippen LogP contribution in [0, 0.1) is 13.8 Å². The van der Waals surface area contributed by atoms with E-state index in [2.05, 4.69) is 15.9 Å². The molecule has 1 heterocycles. The highest BCUT2D eigenvalue weighted by Gasteiger charge is 2.35. The molecule has 0 N–H and O–H groups in total. The van der Waals surface area contributed by atoms with E-state index in [9.17, 15) is 4.79 Å². The van der Waals surface area contributed by atoms with Gasteiger partial charge in [-0.3, -0.25) is 9.69 Å². The third-order valence-electron chi connectivity index (χ3n) is 5.26. The number of rotatable bonds is 6. The van der Waals surface area contributed by atoms with Crippen LogP contribution in [0.4, 0.5) is 11.4 Å². The first kappa shape index (κ1) is 25.1. The topological polar surface area (TPSA) is 51.1 Å². The molecule has 3 aromatic rings. The van der Waals surface area contributed by atoms with Crippen molar-refractivity contribution in [2.24, 2.45) is 4.99 Å². The van der Waals surface area contributed by atoms with E-state index in [1.165, 1.54) is 11.8 Å². The summed E-state index contributed by atoms with van der Waals surface area (Å²) >= 11 is 4.94. The summed E-state index contributed by atoms with van der Waals surface area (Å²) in [5.41, 5.74) is 4.68. The number of ether oxygens (including phenoxy) is 2. The van der Waals surface area contributed by atoms with Crippen LogP contribution in [0.15, 0.2) is 75.0 Å². The van der Waals surface area contributed by atoms with Crippen LogP contribution in [-0.2, 0) is 4.79 Å². The summed E-state index contributed by atoms with van der Waals surface area (Å²) in [5, 5.41) is 0.611. The van der Waals surface area contributed by atoms with Crippen LogP contribution < -0.4 is 14.4 Å². The molecule has 35 heavy (non-hydrogen) atoms. The predicted octanol–water partition coefficient (Wildman–Crippen LogP) is 7.67. The Bertz CT molecular complexity index is 1300. The fraction of sp³-hybridized carbons (Fsp3) is 0.214. The lowest BCUT2D eigenvalue weighted by molar-refractivity contribution is -0.113. The van der Waals surface area contributed by atoms with Gasteiger partial charge in [0.15, 0.2) is 16.7 Å². The average Bonchev–Trinajstić information content (AvgIpc) is 3.11. The van der Waals surface area contributed by atoms with Gasteiger partial charge in [0, 0.05) is 0 Å². The molecule has 0 unspecified atom stereocenters. The molecular weight excluding hydrogens is 524 g/mol. The molecule has 5 nitrogen and oxygen atoms in total. The number of carbonyl (C=O) groups is 1. The number of hydrogen-bond donors (Lipinski definition) is 0. The van der Waals surface area contributed by atoms with E-state index in [1.807, 2.05) is 94.4 Å². The number of methoxy groups -OCH3 is 1. The molecule has 1 amide bonds. The Kier molecular flexibility index (Phi) is 7.67. The van der Waals surface area contributed by atoms with Crippen LogP contribution in [0.2, 0.25) is 0 Å². The van der Waals surface area contributed by atoms with Gasteiger partial charge >= 0.3 is 0 Å². The Balaban J connectivity index is 1.76. The Morgan fingerprint density at radius 2 is 1.63 bits per heavy atom. The first-order valence-electron chi connectivity index (χ1n) is 11.3. The maximum Gasteiger partial charge on any atom is 0.271 e. The maximum atomic E-state index is 13.6. The normalized spacial score (nSPS) is 16.0. The summed E-state index contributed by atoms with van der Waals surface area (Å²) in [6.45, 7) is 7.98. The molecule has 4 rings (SSSR count). The Hall–Kier alpha value is -3.03. The number of benzene rings is 3. The summed E-state index contributed by atoms with van der Waals surface area (Å²) < 4.78 is 12.2. The molecule has 0 aromatic heterocycles. The van der Waals surface area contributed by atoms with Gasteiger partial charge in [-0.2, -0.15) is 0 Å². The number of hydrogen-bond acceptors (Lipinski definition) is 5. The van der Waals surface area contributed by atoms with Crippen molar-refractivity contribution in [3.63, 3.8) is 0 Å². The van der Waals surface area contributed by atoms with Gasteiger partial charge in [-0.25, -0.2) is 4.99 Å². The third kappa shape index (κ3) is 5.80. The second-order valence-electron chi connectivity index (χ2n) is 8.52. The molecule has 1 fully saturated rings. The van der Waals surface area contributed by atoms with Crippen molar-refractivity contribution in [3.8, 4) is 11.5 Å². The lowest BCUT2D eigenvalue weighted by atomic mass is 10.1. The third-order valence-corrected chi connectivity index (χ3v) is 6.82. The SMILES string of the molecule is COc1cc(/C=C2\SC(=Nc3ccc(C)cc3)N(c3ccc(C)cc3)C2=O)cc(Br)c1OC(C)C. The molecular formula is C28H27BrN2O3S. The van der Waals surface area contributed by atoms with E-state index < -0.39 is 0 Å². The monoisotopic (exact) mass is 550 g/mol. The molecule has 1 saturated heterocycles. The maximum absolute atomic E-state index is 13.6. The Morgan fingerprint density at radius 3 is 2.23 bits per heavy atom. The second-order valence-corrected chi connectivity index (χ2v) is 10.4. The van der Waals surface area contributed by atoms with Gasteiger partial charge in [-0.15, -0.1) is 0 Å². The minimum Gasteiger partial charge on any atom is -0.493 e. The largest absolute Gasteiger partial charge is 0.493 e. The van der Waals surface area contributed by atoms with Crippen LogP contribution in [0.3, 0.4) is 0 Å². The first-order chi connectivity index (χ1) is 16.7. The highest BCUT2D eigenvalue weighted by atomic mass is 79.9. The fourth-order valence-electron chi connectivity index (χ4n) is 3.52. The minimum atomic E-state index is -0.123. The van der Waals surface area contributed by atoms with E-state index in [1.54, 1.807) is 12.0 Å². The number of anilines is 1. The van der Waals surface area contributed by atoms with Crippen LogP contribution in [0.1, 0.15) is 30.5 Å². The van der Waals surface area contributed by atoms with Crippen molar-refractivity contribution < 1.29 is 14.3 Å². The van der Waals surface area contributed by atoms with Gasteiger partial charge in [0.25, 0.3) is 5.91 Å². The van der Waals surface area contributed by atoms with E-state index in [0.717, 1.165) is 32.5 Å². The van der Waals surface area contributed by atoms with Gasteiger partial charge in [0.1, 0.15) is 0 Å². The zero-order chi connectivity index (χ0) is 25.1. The van der Waals surface area contributed by atoms with Crippen molar-refractivity contribution in [2.75, 3.05) is 12.0 Å².